The molecule has 0 saturated heterocycles. The molecule has 2 bridgehead atoms. The summed E-state index contributed by atoms with van der Waals surface area (Å²) in [4.78, 5) is 0. The van der Waals surface area contributed by atoms with E-state index >= 15 is 0 Å². The average molecular weight is 313 g/mol. The minimum atomic E-state index is 0.343. The van der Waals surface area contributed by atoms with Crippen molar-refractivity contribution in [2.75, 3.05) is 7.05 Å². The van der Waals surface area contributed by atoms with E-state index in [1.165, 1.54) is 23.3 Å². The van der Waals surface area contributed by atoms with Crippen LogP contribution in [0.15, 0.2) is 41.0 Å². The monoisotopic (exact) mass is 313 g/mol. The summed E-state index contributed by atoms with van der Waals surface area (Å²) in [5.41, 5.74) is 7.08. The number of fused-ring (bicyclic) bond motifs is 2. The number of thiocarbonyl (C=S) groups is 1. The van der Waals surface area contributed by atoms with Gasteiger partial charge in [0.15, 0.2) is 5.11 Å². The minimum Gasteiger partial charge on any atom is -0.364 e. The van der Waals surface area contributed by atoms with Crippen LogP contribution >= 0.6 is 12.2 Å². The van der Waals surface area contributed by atoms with Gasteiger partial charge in [-0.1, -0.05) is 44.2 Å². The van der Waals surface area contributed by atoms with Crippen LogP contribution in [0, 0.1) is 17.3 Å². The number of benzene rings is 1. The summed E-state index contributed by atoms with van der Waals surface area (Å²) >= 11 is 5.15. The van der Waals surface area contributed by atoms with Crippen LogP contribution < -0.4 is 10.7 Å². The summed E-state index contributed by atoms with van der Waals surface area (Å²) in [6, 6.07) is 10.5. The molecule has 3 aliphatic carbocycles. The van der Waals surface area contributed by atoms with E-state index < -0.39 is 0 Å². The molecular formula is C18H23N3S. The van der Waals surface area contributed by atoms with E-state index in [4.69, 9.17) is 12.2 Å². The fraction of sp³-hybridized carbons (Fsp3) is 0.444. The zero-order chi connectivity index (χ0) is 15.7. The molecule has 0 heterocycles. The molecule has 0 aromatic heterocycles. The Bertz CT molecular complexity index is 631. The van der Waals surface area contributed by atoms with Crippen LogP contribution in [0.5, 0.6) is 0 Å². The van der Waals surface area contributed by atoms with E-state index in [0.29, 0.717) is 16.4 Å². The van der Waals surface area contributed by atoms with Gasteiger partial charge >= 0.3 is 0 Å². The molecule has 4 rings (SSSR count). The number of hydrogen-bond acceptors (Lipinski definition) is 2. The zero-order valence-corrected chi connectivity index (χ0v) is 14.2. The highest BCUT2D eigenvalue weighted by Crippen LogP contribution is 2.59. The number of allylic oxidation sites excluding steroid dienone is 1. The first-order valence-electron chi connectivity index (χ1n) is 7.83. The highest BCUT2D eigenvalue weighted by Gasteiger charge is 2.54. The lowest BCUT2D eigenvalue weighted by Gasteiger charge is -2.57. The largest absolute Gasteiger partial charge is 0.364 e. The molecule has 116 valence electrons. The number of hydrogen-bond donors (Lipinski definition) is 2. The third-order valence-corrected chi connectivity index (χ3v) is 5.54. The Morgan fingerprint density at radius 3 is 2.68 bits per heavy atom. The molecule has 22 heavy (non-hydrogen) atoms. The maximum absolute atomic E-state index is 5.15. The van der Waals surface area contributed by atoms with Crippen LogP contribution in [0.1, 0.15) is 32.3 Å². The Kier molecular flexibility index (Phi) is 4.04. The van der Waals surface area contributed by atoms with Crippen LogP contribution in [0.3, 0.4) is 0 Å². The van der Waals surface area contributed by atoms with Gasteiger partial charge in [0.25, 0.3) is 0 Å². The van der Waals surface area contributed by atoms with E-state index in [9.17, 15) is 0 Å². The maximum Gasteiger partial charge on any atom is 0.186 e. The van der Waals surface area contributed by atoms with Gasteiger partial charge in [0, 0.05) is 13.0 Å². The van der Waals surface area contributed by atoms with Gasteiger partial charge in [0.1, 0.15) is 0 Å². The lowest BCUT2D eigenvalue weighted by molar-refractivity contribution is 0.0141. The Morgan fingerprint density at radius 1 is 1.32 bits per heavy atom. The average Bonchev–Trinajstić information content (AvgIpc) is 2.53. The molecule has 3 aliphatic rings. The summed E-state index contributed by atoms with van der Waals surface area (Å²) in [6.07, 6.45) is 4.62. The summed E-state index contributed by atoms with van der Waals surface area (Å²) < 4.78 is 0. The van der Waals surface area contributed by atoms with Crippen molar-refractivity contribution in [3.8, 4) is 0 Å². The Labute approximate surface area is 137 Å². The molecule has 2 atom stereocenters. The molecule has 0 spiro atoms. The van der Waals surface area contributed by atoms with Gasteiger partial charge in [-0.15, -0.1) is 0 Å². The van der Waals surface area contributed by atoms with Gasteiger partial charge < -0.3 is 5.32 Å². The lowest BCUT2D eigenvalue weighted by Crippen LogP contribution is -2.54. The van der Waals surface area contributed by atoms with E-state index in [1.54, 1.807) is 7.05 Å². The van der Waals surface area contributed by atoms with Gasteiger partial charge in [0.05, 0.1) is 5.71 Å². The van der Waals surface area contributed by atoms with E-state index in [-0.39, 0.29) is 0 Å². The van der Waals surface area contributed by atoms with Crippen molar-refractivity contribution >= 4 is 29.1 Å². The summed E-state index contributed by atoms with van der Waals surface area (Å²) in [6.45, 7) is 4.72. The second kappa shape index (κ2) is 5.84. The summed E-state index contributed by atoms with van der Waals surface area (Å²) in [7, 11) is 1.81. The Morgan fingerprint density at radius 2 is 2.05 bits per heavy atom. The van der Waals surface area contributed by atoms with Crippen LogP contribution in [-0.2, 0) is 0 Å². The molecule has 2 unspecified atom stereocenters. The number of nitrogens with zero attached hydrogens (tertiary/aromatic N) is 1. The normalized spacial score (nSPS) is 29.0. The smallest absolute Gasteiger partial charge is 0.186 e. The highest BCUT2D eigenvalue weighted by molar-refractivity contribution is 7.80. The maximum atomic E-state index is 5.15. The predicted octanol–water partition coefficient (Wildman–Crippen LogP) is 3.59. The van der Waals surface area contributed by atoms with E-state index in [2.05, 4.69) is 60.0 Å². The van der Waals surface area contributed by atoms with Gasteiger partial charge in [-0.05, 0) is 53.6 Å². The topological polar surface area (TPSA) is 36.4 Å². The first-order chi connectivity index (χ1) is 10.5. The molecule has 0 aliphatic heterocycles. The fourth-order valence-electron chi connectivity index (χ4n) is 3.62. The van der Waals surface area contributed by atoms with E-state index in [0.717, 1.165) is 12.3 Å². The molecule has 4 heteroatoms. The molecule has 1 aromatic rings. The van der Waals surface area contributed by atoms with Gasteiger partial charge in [-0.25, -0.2) is 0 Å². The third-order valence-electron chi connectivity index (χ3n) is 5.24. The fourth-order valence-corrected chi connectivity index (χ4v) is 3.67. The third kappa shape index (κ3) is 2.68. The van der Waals surface area contributed by atoms with Gasteiger partial charge in [-0.2, -0.15) is 5.10 Å². The number of nitrogens with one attached hydrogen (secondary N) is 2. The van der Waals surface area contributed by atoms with Crippen LogP contribution in [0.2, 0.25) is 0 Å². The first-order valence-corrected chi connectivity index (χ1v) is 8.24. The van der Waals surface area contributed by atoms with Crippen molar-refractivity contribution in [3.63, 3.8) is 0 Å². The Hall–Kier alpha value is -1.68. The molecule has 3 nitrogen and oxygen atoms in total. The van der Waals surface area contributed by atoms with Gasteiger partial charge in [0.2, 0.25) is 0 Å². The number of rotatable bonds is 2. The van der Waals surface area contributed by atoms with Crippen molar-refractivity contribution < 1.29 is 0 Å². The van der Waals surface area contributed by atoms with Crippen molar-refractivity contribution in [1.29, 1.82) is 0 Å². The molecule has 3 fully saturated rings. The quantitative estimate of drug-likeness (QED) is 0.647. The highest BCUT2D eigenvalue weighted by atomic mass is 32.1. The molecule has 0 radical (unpaired) electrons. The van der Waals surface area contributed by atoms with Crippen molar-refractivity contribution in [3.05, 3.63) is 41.5 Å². The zero-order valence-electron chi connectivity index (χ0n) is 13.4. The molecular weight excluding hydrogens is 290 g/mol. The van der Waals surface area contributed by atoms with E-state index in [1.807, 2.05) is 6.07 Å². The van der Waals surface area contributed by atoms with Crippen LogP contribution in [-0.4, -0.2) is 17.9 Å². The first kappa shape index (κ1) is 15.2. The van der Waals surface area contributed by atoms with Gasteiger partial charge in [-0.3, -0.25) is 5.43 Å². The molecule has 2 N–H and O–H groups in total. The van der Waals surface area contributed by atoms with Crippen molar-refractivity contribution in [2.24, 2.45) is 22.4 Å². The molecule has 0 amide bonds. The summed E-state index contributed by atoms with van der Waals surface area (Å²) in [5.74, 6) is 1.29. The predicted molar refractivity (Wildman–Crippen MR) is 96.6 cm³/mol. The van der Waals surface area contributed by atoms with Crippen molar-refractivity contribution in [2.45, 2.75) is 26.7 Å². The number of hydrazone groups is 1. The minimum absolute atomic E-state index is 0.343. The molecule has 1 aromatic carbocycles. The standard InChI is InChI=1S/C18H23N3S/c1-18(2)14-10-13(9-12-7-5-4-6-8-12)16(15(18)11-14)20-21-17(22)19-3/h4-9,14-15H,10-11H2,1-3H3,(H2,19,21,22). The lowest BCUT2D eigenvalue weighted by atomic mass is 9.47. The second-order valence-electron chi connectivity index (χ2n) is 6.78. The SMILES string of the molecule is CNC(=S)NN=C1C(=Cc2ccccc2)CC2CC1C2(C)C. The molecule has 3 saturated carbocycles. The van der Waals surface area contributed by atoms with Crippen LogP contribution in [0.25, 0.3) is 6.08 Å². The second-order valence-corrected chi connectivity index (χ2v) is 7.19. The van der Waals surface area contributed by atoms with Crippen molar-refractivity contribution in [1.82, 2.24) is 10.7 Å². The Balaban J connectivity index is 1.91. The summed E-state index contributed by atoms with van der Waals surface area (Å²) in [5, 5.41) is 8.11. The van der Waals surface area contributed by atoms with Crippen LogP contribution in [0.4, 0.5) is 0 Å².